The number of hydrogen-bond acceptors (Lipinski definition) is 3. The molecule has 1 aromatic carbocycles. The number of likely N-dealkylation sites (N-methyl/N-ethyl adjacent to an activating group) is 2. The Morgan fingerprint density at radius 2 is 1.89 bits per heavy atom. The van der Waals surface area contributed by atoms with Gasteiger partial charge in [-0.1, -0.05) is 19.1 Å². The summed E-state index contributed by atoms with van der Waals surface area (Å²) in [5.74, 6) is 0.955. The van der Waals surface area contributed by atoms with E-state index in [1.54, 1.807) is 0 Å². The normalized spacial score (nSPS) is 12.7. The minimum absolute atomic E-state index is 0.524. The third-order valence-electron chi connectivity index (χ3n) is 2.83. The van der Waals surface area contributed by atoms with E-state index in [0.29, 0.717) is 6.04 Å². The van der Waals surface area contributed by atoms with Crippen LogP contribution in [0, 0.1) is 0 Å². The summed E-state index contributed by atoms with van der Waals surface area (Å²) in [6.07, 6.45) is 1.06. The molecule has 102 valence electrons. The molecule has 3 heteroatoms. The number of rotatable bonds is 8. The standard InChI is InChI=1S/C15H26N2O/c1-5-16-13(2)12-14-6-8-15(9-7-14)18-11-10-17(3)4/h6-9,13,16H,5,10-12H2,1-4H3. The summed E-state index contributed by atoms with van der Waals surface area (Å²) >= 11 is 0. The Hall–Kier alpha value is -1.06. The van der Waals surface area contributed by atoms with Gasteiger partial charge >= 0.3 is 0 Å². The summed E-state index contributed by atoms with van der Waals surface area (Å²) in [4.78, 5) is 2.12. The van der Waals surface area contributed by atoms with Gasteiger partial charge < -0.3 is 15.0 Å². The third-order valence-corrected chi connectivity index (χ3v) is 2.83. The van der Waals surface area contributed by atoms with Crippen LogP contribution in [0.2, 0.25) is 0 Å². The molecule has 0 heterocycles. The molecule has 0 saturated carbocycles. The second kappa shape index (κ2) is 8.11. The summed E-state index contributed by atoms with van der Waals surface area (Å²) in [5.41, 5.74) is 1.35. The molecule has 18 heavy (non-hydrogen) atoms. The molecule has 0 aliphatic heterocycles. The molecular formula is C15H26N2O. The number of hydrogen-bond donors (Lipinski definition) is 1. The van der Waals surface area contributed by atoms with Crippen LogP contribution >= 0.6 is 0 Å². The van der Waals surface area contributed by atoms with Crippen molar-refractivity contribution in [2.75, 3.05) is 33.8 Å². The smallest absolute Gasteiger partial charge is 0.119 e. The zero-order valence-electron chi connectivity index (χ0n) is 12.1. The van der Waals surface area contributed by atoms with Gasteiger partial charge in [0.05, 0.1) is 0 Å². The fourth-order valence-electron chi connectivity index (χ4n) is 1.84. The van der Waals surface area contributed by atoms with E-state index in [-0.39, 0.29) is 0 Å². The highest BCUT2D eigenvalue weighted by atomic mass is 16.5. The van der Waals surface area contributed by atoms with Crippen LogP contribution in [-0.2, 0) is 6.42 Å². The SMILES string of the molecule is CCNC(C)Cc1ccc(OCCN(C)C)cc1. The van der Waals surface area contributed by atoms with Crippen LogP contribution < -0.4 is 10.1 Å². The molecule has 0 fully saturated rings. The van der Waals surface area contributed by atoms with Crippen molar-refractivity contribution in [2.45, 2.75) is 26.3 Å². The Labute approximate surface area is 111 Å². The lowest BCUT2D eigenvalue weighted by molar-refractivity contribution is 0.261. The number of nitrogens with zero attached hydrogens (tertiary/aromatic N) is 1. The number of nitrogens with one attached hydrogen (secondary N) is 1. The average Bonchev–Trinajstić information content (AvgIpc) is 2.31. The topological polar surface area (TPSA) is 24.5 Å². The van der Waals surface area contributed by atoms with Crippen molar-refractivity contribution in [3.8, 4) is 5.75 Å². The predicted molar refractivity (Wildman–Crippen MR) is 77.3 cm³/mol. The van der Waals surface area contributed by atoms with Crippen molar-refractivity contribution in [1.29, 1.82) is 0 Å². The molecular weight excluding hydrogens is 224 g/mol. The Kier molecular flexibility index (Phi) is 6.76. The largest absolute Gasteiger partial charge is 0.492 e. The quantitative estimate of drug-likeness (QED) is 0.765. The van der Waals surface area contributed by atoms with E-state index in [4.69, 9.17) is 4.74 Å². The molecule has 0 saturated heterocycles. The van der Waals surface area contributed by atoms with E-state index in [0.717, 1.165) is 31.9 Å². The maximum absolute atomic E-state index is 5.67. The first kappa shape index (κ1) is 15.0. The molecule has 1 atom stereocenters. The van der Waals surface area contributed by atoms with E-state index < -0.39 is 0 Å². The highest BCUT2D eigenvalue weighted by Gasteiger charge is 2.02. The molecule has 1 rings (SSSR count). The van der Waals surface area contributed by atoms with Crippen molar-refractivity contribution in [3.05, 3.63) is 29.8 Å². The lowest BCUT2D eigenvalue weighted by atomic mass is 10.1. The summed E-state index contributed by atoms with van der Waals surface area (Å²) in [5, 5.41) is 3.42. The van der Waals surface area contributed by atoms with Crippen LogP contribution in [0.3, 0.4) is 0 Å². The zero-order valence-corrected chi connectivity index (χ0v) is 12.1. The van der Waals surface area contributed by atoms with Crippen LogP contribution in [0.1, 0.15) is 19.4 Å². The molecule has 3 nitrogen and oxygen atoms in total. The van der Waals surface area contributed by atoms with Crippen molar-refractivity contribution >= 4 is 0 Å². The van der Waals surface area contributed by atoms with Gasteiger partial charge in [0.2, 0.25) is 0 Å². The molecule has 0 amide bonds. The highest BCUT2D eigenvalue weighted by molar-refractivity contribution is 5.27. The molecule has 0 spiro atoms. The van der Waals surface area contributed by atoms with Gasteiger partial charge in [-0.2, -0.15) is 0 Å². The summed E-state index contributed by atoms with van der Waals surface area (Å²) in [6.45, 7) is 7.05. The number of benzene rings is 1. The van der Waals surface area contributed by atoms with Crippen LogP contribution in [-0.4, -0.2) is 44.7 Å². The molecule has 0 bridgehead atoms. The van der Waals surface area contributed by atoms with Gasteiger partial charge in [0.1, 0.15) is 12.4 Å². The minimum atomic E-state index is 0.524. The van der Waals surface area contributed by atoms with Gasteiger partial charge in [-0.25, -0.2) is 0 Å². The monoisotopic (exact) mass is 250 g/mol. The first-order chi connectivity index (χ1) is 8.61. The summed E-state index contributed by atoms with van der Waals surface area (Å²) < 4.78 is 5.67. The Morgan fingerprint density at radius 3 is 2.44 bits per heavy atom. The van der Waals surface area contributed by atoms with E-state index in [2.05, 4.69) is 62.4 Å². The predicted octanol–water partition coefficient (Wildman–Crippen LogP) is 2.17. The molecule has 0 radical (unpaired) electrons. The zero-order chi connectivity index (χ0) is 13.4. The van der Waals surface area contributed by atoms with Crippen molar-refractivity contribution in [1.82, 2.24) is 10.2 Å². The van der Waals surface area contributed by atoms with Crippen molar-refractivity contribution in [2.24, 2.45) is 0 Å². The van der Waals surface area contributed by atoms with Gasteiger partial charge in [-0.05, 0) is 51.7 Å². The maximum Gasteiger partial charge on any atom is 0.119 e. The first-order valence-electron chi connectivity index (χ1n) is 6.71. The van der Waals surface area contributed by atoms with Crippen LogP contribution in [0.15, 0.2) is 24.3 Å². The molecule has 0 aromatic heterocycles. The van der Waals surface area contributed by atoms with Crippen molar-refractivity contribution in [3.63, 3.8) is 0 Å². The average molecular weight is 250 g/mol. The molecule has 0 aliphatic rings. The lowest BCUT2D eigenvalue weighted by Gasteiger charge is -2.13. The van der Waals surface area contributed by atoms with Crippen LogP contribution in [0.4, 0.5) is 0 Å². The number of ether oxygens (including phenoxy) is 1. The Balaban J connectivity index is 2.37. The van der Waals surface area contributed by atoms with E-state index >= 15 is 0 Å². The fourth-order valence-corrected chi connectivity index (χ4v) is 1.84. The highest BCUT2D eigenvalue weighted by Crippen LogP contribution is 2.13. The Bertz CT molecular complexity index is 322. The first-order valence-corrected chi connectivity index (χ1v) is 6.71. The molecule has 0 aliphatic carbocycles. The van der Waals surface area contributed by atoms with Gasteiger partial charge in [-0.15, -0.1) is 0 Å². The second-order valence-corrected chi connectivity index (χ2v) is 4.96. The van der Waals surface area contributed by atoms with Gasteiger partial charge in [0.15, 0.2) is 0 Å². The van der Waals surface area contributed by atoms with Crippen LogP contribution in [0.25, 0.3) is 0 Å². The second-order valence-electron chi connectivity index (χ2n) is 4.96. The maximum atomic E-state index is 5.67. The van der Waals surface area contributed by atoms with Gasteiger partial charge in [0.25, 0.3) is 0 Å². The molecule has 1 aromatic rings. The van der Waals surface area contributed by atoms with Crippen molar-refractivity contribution < 1.29 is 4.74 Å². The Morgan fingerprint density at radius 1 is 1.22 bits per heavy atom. The summed E-state index contributed by atoms with van der Waals surface area (Å²) in [7, 11) is 4.10. The molecule has 1 N–H and O–H groups in total. The third kappa shape index (κ3) is 6.03. The van der Waals surface area contributed by atoms with Gasteiger partial charge in [0, 0.05) is 12.6 Å². The van der Waals surface area contributed by atoms with E-state index in [1.807, 2.05) is 0 Å². The lowest BCUT2D eigenvalue weighted by Crippen LogP contribution is -2.27. The molecule has 1 unspecified atom stereocenters. The van der Waals surface area contributed by atoms with Crippen LogP contribution in [0.5, 0.6) is 5.75 Å². The summed E-state index contributed by atoms with van der Waals surface area (Å²) in [6, 6.07) is 8.95. The van der Waals surface area contributed by atoms with Gasteiger partial charge in [-0.3, -0.25) is 0 Å². The van der Waals surface area contributed by atoms with E-state index in [1.165, 1.54) is 5.56 Å². The fraction of sp³-hybridized carbons (Fsp3) is 0.600. The van der Waals surface area contributed by atoms with E-state index in [9.17, 15) is 0 Å². The minimum Gasteiger partial charge on any atom is -0.492 e.